The molecule has 0 aliphatic heterocycles. The molecule has 262 valence electrons. The van der Waals surface area contributed by atoms with Gasteiger partial charge in [0.2, 0.25) is 5.95 Å². The van der Waals surface area contributed by atoms with Gasteiger partial charge in [-0.1, -0.05) is 182 Å². The fourth-order valence-corrected chi connectivity index (χ4v) is 7.96. The van der Waals surface area contributed by atoms with Gasteiger partial charge in [0.15, 0.2) is 17.2 Å². The molecule has 0 spiro atoms. The molecule has 0 N–H and O–H groups in total. The van der Waals surface area contributed by atoms with Gasteiger partial charge in [-0.05, 0) is 39.9 Å². The first-order chi connectivity index (χ1) is 27.8. The van der Waals surface area contributed by atoms with Crippen LogP contribution in [0, 0.1) is 0 Å². The lowest BCUT2D eigenvalue weighted by Crippen LogP contribution is -2.06. The number of hydrogen-bond acceptors (Lipinski definition) is 4. The zero-order valence-electron chi connectivity index (χ0n) is 30.2. The number of para-hydroxylation sites is 2. The summed E-state index contributed by atoms with van der Waals surface area (Å²) in [5, 5.41) is 4.26. The highest BCUT2D eigenvalue weighted by Gasteiger charge is 2.23. The lowest BCUT2D eigenvalue weighted by molar-refractivity contribution is 0.672. The Bertz CT molecular complexity index is 3100. The van der Waals surface area contributed by atoms with Crippen LogP contribution in [0.15, 0.2) is 199 Å². The molecular weight excluding hydrogens is 685 g/mol. The van der Waals surface area contributed by atoms with Crippen molar-refractivity contribution in [2.45, 2.75) is 0 Å². The summed E-state index contributed by atoms with van der Waals surface area (Å²) in [5.41, 5.74) is 12.1. The monoisotopic (exact) mass is 716 g/mol. The number of rotatable bonds is 6. The molecule has 3 heterocycles. The Morgan fingerprint density at radius 1 is 0.321 bits per heavy atom. The molecule has 11 rings (SSSR count). The zero-order valence-corrected chi connectivity index (χ0v) is 30.2. The largest absolute Gasteiger partial charge is 0.453 e. The number of furan rings is 1. The Hall–Kier alpha value is -7.63. The summed E-state index contributed by atoms with van der Waals surface area (Å²) in [4.78, 5) is 15.7. The van der Waals surface area contributed by atoms with E-state index in [-0.39, 0.29) is 0 Å². The average molecular weight is 717 g/mol. The van der Waals surface area contributed by atoms with Gasteiger partial charge in [0, 0.05) is 38.2 Å². The van der Waals surface area contributed by atoms with Gasteiger partial charge in [0.25, 0.3) is 0 Å². The number of hydrogen-bond donors (Lipinski definition) is 0. The number of aromatic nitrogens is 4. The maximum Gasteiger partial charge on any atom is 0.238 e. The van der Waals surface area contributed by atoms with Crippen LogP contribution in [0.1, 0.15) is 0 Å². The van der Waals surface area contributed by atoms with Crippen molar-refractivity contribution in [1.29, 1.82) is 0 Å². The van der Waals surface area contributed by atoms with Crippen molar-refractivity contribution >= 4 is 43.7 Å². The molecule has 5 heteroatoms. The minimum Gasteiger partial charge on any atom is -0.453 e. The first-order valence-corrected chi connectivity index (χ1v) is 18.8. The van der Waals surface area contributed by atoms with Gasteiger partial charge in [0.1, 0.15) is 11.1 Å². The molecule has 0 saturated heterocycles. The highest BCUT2D eigenvalue weighted by molar-refractivity contribution is 6.22. The van der Waals surface area contributed by atoms with Crippen molar-refractivity contribution in [2.75, 3.05) is 0 Å². The second-order valence-electron chi connectivity index (χ2n) is 14.0. The third-order valence-electron chi connectivity index (χ3n) is 10.7. The third kappa shape index (κ3) is 5.29. The normalized spacial score (nSPS) is 11.6. The molecule has 0 bridgehead atoms. The average Bonchev–Trinajstić information content (AvgIpc) is 3.84. The molecular formula is C51H32N4O. The van der Waals surface area contributed by atoms with Crippen LogP contribution < -0.4 is 0 Å². The van der Waals surface area contributed by atoms with Gasteiger partial charge in [-0.3, -0.25) is 4.57 Å². The standard InChI is InChI=1S/C51H32N4O/c1-4-13-33(14-5-1)35-23-27-38(28-24-35)49-52-50(39-29-25-36(26-30-39)34-15-6-2-7-16-34)54-51(53-49)55-45-22-11-10-19-41(45)42-31-32-44-43-21-12-20-40(37-17-8-3-9-18-37)47(43)56-48(44)46(42)55/h1-32H. The van der Waals surface area contributed by atoms with Gasteiger partial charge in [-0.2, -0.15) is 9.97 Å². The quantitative estimate of drug-likeness (QED) is 0.172. The van der Waals surface area contributed by atoms with Crippen LogP contribution in [0.25, 0.3) is 106 Å². The molecule has 11 aromatic rings. The minimum absolute atomic E-state index is 0.520. The van der Waals surface area contributed by atoms with Gasteiger partial charge in [-0.15, -0.1) is 0 Å². The summed E-state index contributed by atoms with van der Waals surface area (Å²) in [6, 6.07) is 67.3. The fourth-order valence-electron chi connectivity index (χ4n) is 7.96. The van der Waals surface area contributed by atoms with E-state index in [1.165, 1.54) is 0 Å². The topological polar surface area (TPSA) is 56.7 Å². The Kier molecular flexibility index (Phi) is 7.42. The fraction of sp³-hybridized carbons (Fsp3) is 0. The third-order valence-corrected chi connectivity index (χ3v) is 10.7. The second kappa shape index (κ2) is 13.0. The predicted octanol–water partition coefficient (Wildman–Crippen LogP) is 13.2. The molecule has 0 fully saturated rings. The predicted molar refractivity (Wildman–Crippen MR) is 229 cm³/mol. The van der Waals surface area contributed by atoms with Crippen molar-refractivity contribution in [1.82, 2.24) is 19.5 Å². The van der Waals surface area contributed by atoms with Crippen molar-refractivity contribution in [3.63, 3.8) is 0 Å². The van der Waals surface area contributed by atoms with Crippen molar-refractivity contribution < 1.29 is 4.42 Å². The smallest absolute Gasteiger partial charge is 0.238 e. The van der Waals surface area contributed by atoms with E-state index in [0.29, 0.717) is 17.6 Å². The molecule has 56 heavy (non-hydrogen) atoms. The van der Waals surface area contributed by atoms with Gasteiger partial charge < -0.3 is 4.42 Å². The van der Waals surface area contributed by atoms with Crippen LogP contribution >= 0.6 is 0 Å². The van der Waals surface area contributed by atoms with Crippen molar-refractivity contribution in [3.8, 4) is 62.1 Å². The van der Waals surface area contributed by atoms with E-state index < -0.39 is 0 Å². The summed E-state index contributed by atoms with van der Waals surface area (Å²) in [6.07, 6.45) is 0. The van der Waals surface area contributed by atoms with Crippen LogP contribution in [0.3, 0.4) is 0 Å². The Labute approximate surface area is 322 Å². The van der Waals surface area contributed by atoms with E-state index in [4.69, 9.17) is 19.4 Å². The lowest BCUT2D eigenvalue weighted by atomic mass is 10.0. The zero-order chi connectivity index (χ0) is 37.0. The molecule has 3 aromatic heterocycles. The van der Waals surface area contributed by atoms with E-state index in [2.05, 4.69) is 180 Å². The molecule has 0 atom stereocenters. The van der Waals surface area contributed by atoms with Crippen LogP contribution in [-0.2, 0) is 0 Å². The highest BCUT2D eigenvalue weighted by Crippen LogP contribution is 2.42. The molecule has 8 aromatic carbocycles. The van der Waals surface area contributed by atoms with Crippen molar-refractivity contribution in [2.24, 2.45) is 0 Å². The molecule has 0 aliphatic carbocycles. The number of fused-ring (bicyclic) bond motifs is 7. The SMILES string of the molecule is c1ccc(-c2ccc(-c3nc(-c4ccc(-c5ccccc5)cc4)nc(-n4c5ccccc5c5ccc6c7cccc(-c8ccccc8)c7oc6c54)n3)cc2)cc1. The summed E-state index contributed by atoms with van der Waals surface area (Å²) < 4.78 is 9.15. The van der Waals surface area contributed by atoms with E-state index >= 15 is 0 Å². The van der Waals surface area contributed by atoms with Crippen LogP contribution in [0.4, 0.5) is 0 Å². The molecule has 0 unspecified atom stereocenters. The Balaban J connectivity index is 1.16. The Morgan fingerprint density at radius 2 is 0.786 bits per heavy atom. The molecule has 0 radical (unpaired) electrons. The van der Waals surface area contributed by atoms with Gasteiger partial charge in [-0.25, -0.2) is 4.98 Å². The molecule has 5 nitrogen and oxygen atoms in total. The first kappa shape index (κ1) is 31.9. The summed E-state index contributed by atoms with van der Waals surface area (Å²) >= 11 is 0. The summed E-state index contributed by atoms with van der Waals surface area (Å²) in [5.74, 6) is 1.70. The van der Waals surface area contributed by atoms with Crippen LogP contribution in [0.5, 0.6) is 0 Å². The van der Waals surface area contributed by atoms with E-state index in [1.54, 1.807) is 0 Å². The van der Waals surface area contributed by atoms with E-state index in [9.17, 15) is 0 Å². The second-order valence-corrected chi connectivity index (χ2v) is 14.0. The first-order valence-electron chi connectivity index (χ1n) is 18.8. The molecule has 0 amide bonds. The van der Waals surface area contributed by atoms with Gasteiger partial charge >= 0.3 is 0 Å². The van der Waals surface area contributed by atoms with Crippen molar-refractivity contribution in [3.05, 3.63) is 194 Å². The van der Waals surface area contributed by atoms with Gasteiger partial charge in [0.05, 0.1) is 5.52 Å². The van der Waals surface area contributed by atoms with Crippen LogP contribution in [0.2, 0.25) is 0 Å². The highest BCUT2D eigenvalue weighted by atomic mass is 16.3. The number of benzene rings is 8. The van der Waals surface area contributed by atoms with E-state index in [1.807, 2.05) is 18.2 Å². The summed E-state index contributed by atoms with van der Waals surface area (Å²) in [6.45, 7) is 0. The number of nitrogens with zero attached hydrogens (tertiary/aromatic N) is 4. The maximum atomic E-state index is 6.99. The van der Waals surface area contributed by atoms with E-state index in [0.717, 1.165) is 88.3 Å². The Morgan fingerprint density at radius 3 is 1.39 bits per heavy atom. The lowest BCUT2D eigenvalue weighted by Gasteiger charge is -2.12. The summed E-state index contributed by atoms with van der Waals surface area (Å²) in [7, 11) is 0. The molecule has 0 saturated carbocycles. The minimum atomic E-state index is 0.520. The maximum absolute atomic E-state index is 6.99. The molecule has 0 aliphatic rings. The van der Waals surface area contributed by atoms with Crippen LogP contribution in [-0.4, -0.2) is 19.5 Å².